The van der Waals surface area contributed by atoms with Crippen molar-refractivity contribution in [3.63, 3.8) is 0 Å². The summed E-state index contributed by atoms with van der Waals surface area (Å²) in [5.74, 6) is 1.24. The molecule has 4 rings (SSSR count). The van der Waals surface area contributed by atoms with E-state index in [2.05, 4.69) is 27.0 Å². The van der Waals surface area contributed by atoms with Crippen molar-refractivity contribution in [3.05, 3.63) is 63.9 Å². The molecule has 1 aliphatic rings. The monoisotopic (exact) mass is 408 g/mol. The Bertz CT molecular complexity index is 1010. The van der Waals surface area contributed by atoms with E-state index in [9.17, 15) is 10.1 Å². The normalized spacial score (nSPS) is 15.2. The summed E-state index contributed by atoms with van der Waals surface area (Å²) >= 11 is 3.48. The van der Waals surface area contributed by atoms with Crippen LogP contribution in [0.25, 0.3) is 11.0 Å². The zero-order valence-electron chi connectivity index (χ0n) is 14.1. The number of nitrogens with one attached hydrogen (secondary N) is 1. The fourth-order valence-electron chi connectivity index (χ4n) is 3.49. The fraction of sp³-hybridized carbons (Fsp3) is 0.250. The van der Waals surface area contributed by atoms with E-state index in [1.54, 1.807) is 24.3 Å². The maximum absolute atomic E-state index is 12.7. The molecule has 0 atom stereocenters. The van der Waals surface area contributed by atoms with Crippen LogP contribution in [-0.4, -0.2) is 33.9 Å². The topological polar surface area (TPSA) is 72.8 Å². The summed E-state index contributed by atoms with van der Waals surface area (Å²) in [5, 5.41) is 9.21. The van der Waals surface area contributed by atoms with Gasteiger partial charge < -0.3 is 9.88 Å². The number of halogens is 1. The maximum atomic E-state index is 12.7. The first-order valence-corrected chi connectivity index (χ1v) is 9.38. The zero-order chi connectivity index (χ0) is 18.1. The molecular formula is C20H17BrN4O. The van der Waals surface area contributed by atoms with Crippen LogP contribution in [0.4, 0.5) is 0 Å². The molecule has 1 amide bonds. The van der Waals surface area contributed by atoms with E-state index in [1.165, 1.54) is 0 Å². The molecule has 1 aliphatic heterocycles. The molecule has 2 aromatic carbocycles. The largest absolute Gasteiger partial charge is 0.342 e. The number of rotatable bonds is 2. The van der Waals surface area contributed by atoms with Crippen molar-refractivity contribution in [1.29, 1.82) is 5.26 Å². The van der Waals surface area contributed by atoms with Crippen LogP contribution in [0.5, 0.6) is 0 Å². The van der Waals surface area contributed by atoms with E-state index < -0.39 is 0 Å². The van der Waals surface area contributed by atoms with Crippen LogP contribution in [0.1, 0.15) is 40.5 Å². The van der Waals surface area contributed by atoms with Crippen LogP contribution in [0.3, 0.4) is 0 Å². The summed E-state index contributed by atoms with van der Waals surface area (Å²) in [4.78, 5) is 22.7. The number of carbonyl (C=O) groups excluding carboxylic acids is 1. The van der Waals surface area contributed by atoms with Crippen LogP contribution < -0.4 is 0 Å². The molecule has 1 saturated heterocycles. The van der Waals surface area contributed by atoms with Crippen molar-refractivity contribution < 1.29 is 4.79 Å². The highest BCUT2D eigenvalue weighted by molar-refractivity contribution is 9.10. The molecular weight excluding hydrogens is 392 g/mol. The van der Waals surface area contributed by atoms with E-state index in [4.69, 9.17) is 4.98 Å². The van der Waals surface area contributed by atoms with Crippen molar-refractivity contribution in [1.82, 2.24) is 14.9 Å². The Kier molecular flexibility index (Phi) is 4.48. The predicted molar refractivity (Wildman–Crippen MR) is 103 cm³/mol. The number of hydrogen-bond acceptors (Lipinski definition) is 3. The molecule has 3 aromatic rings. The van der Waals surface area contributed by atoms with E-state index in [0.717, 1.165) is 34.2 Å². The van der Waals surface area contributed by atoms with E-state index in [-0.39, 0.29) is 5.91 Å². The zero-order valence-corrected chi connectivity index (χ0v) is 15.7. The summed E-state index contributed by atoms with van der Waals surface area (Å²) < 4.78 is 1.02. The number of likely N-dealkylation sites (tertiary alicyclic amines) is 1. The molecule has 6 heteroatoms. The van der Waals surface area contributed by atoms with Crippen LogP contribution in [0.2, 0.25) is 0 Å². The summed E-state index contributed by atoms with van der Waals surface area (Å²) in [6, 6.07) is 15.1. The third-order valence-corrected chi connectivity index (χ3v) is 5.40. The molecule has 1 fully saturated rings. The molecule has 0 spiro atoms. The lowest BCUT2D eigenvalue weighted by Gasteiger charge is -2.31. The Morgan fingerprint density at radius 2 is 2.00 bits per heavy atom. The van der Waals surface area contributed by atoms with Crippen molar-refractivity contribution in [2.75, 3.05) is 13.1 Å². The minimum Gasteiger partial charge on any atom is -0.342 e. The van der Waals surface area contributed by atoms with Gasteiger partial charge >= 0.3 is 0 Å². The standard InChI is InChI=1S/C20H17BrN4O/c21-15-5-6-17-18(11-15)24-19(23-17)13-7-9-25(10-8-13)20(26)16-4-2-1-3-14(16)12-22/h1-6,11,13H,7-10H2,(H,23,24). The van der Waals surface area contributed by atoms with Gasteiger partial charge in [-0.15, -0.1) is 0 Å². The number of aromatic nitrogens is 2. The minimum absolute atomic E-state index is 0.0610. The number of benzene rings is 2. The minimum atomic E-state index is -0.0610. The third-order valence-electron chi connectivity index (χ3n) is 4.91. The number of piperidine rings is 1. The highest BCUT2D eigenvalue weighted by Crippen LogP contribution is 2.29. The van der Waals surface area contributed by atoms with E-state index >= 15 is 0 Å². The first-order chi connectivity index (χ1) is 12.7. The summed E-state index contributed by atoms with van der Waals surface area (Å²) in [6.07, 6.45) is 1.73. The smallest absolute Gasteiger partial charge is 0.255 e. The number of amides is 1. The first kappa shape index (κ1) is 16.8. The Morgan fingerprint density at radius 3 is 2.77 bits per heavy atom. The number of nitrogens with zero attached hydrogens (tertiary/aromatic N) is 3. The number of nitriles is 1. The molecule has 0 aliphatic carbocycles. The summed E-state index contributed by atoms with van der Waals surface area (Å²) in [7, 11) is 0. The average Bonchev–Trinajstić information content (AvgIpc) is 3.10. The Labute approximate surface area is 159 Å². The van der Waals surface area contributed by atoms with Crippen LogP contribution in [-0.2, 0) is 0 Å². The maximum Gasteiger partial charge on any atom is 0.255 e. The van der Waals surface area contributed by atoms with Crippen LogP contribution >= 0.6 is 15.9 Å². The van der Waals surface area contributed by atoms with Crippen molar-refractivity contribution >= 4 is 32.9 Å². The molecule has 0 radical (unpaired) electrons. The van der Waals surface area contributed by atoms with Gasteiger partial charge in [-0.25, -0.2) is 4.98 Å². The summed E-state index contributed by atoms with van der Waals surface area (Å²) in [6.45, 7) is 1.34. The molecule has 2 heterocycles. The highest BCUT2D eigenvalue weighted by Gasteiger charge is 2.27. The number of fused-ring (bicyclic) bond motifs is 1. The van der Waals surface area contributed by atoms with Crippen molar-refractivity contribution in [3.8, 4) is 6.07 Å². The lowest BCUT2D eigenvalue weighted by Crippen LogP contribution is -2.38. The van der Waals surface area contributed by atoms with Gasteiger partial charge in [-0.05, 0) is 43.2 Å². The number of aromatic amines is 1. The van der Waals surface area contributed by atoms with Gasteiger partial charge in [-0.3, -0.25) is 4.79 Å². The number of hydrogen-bond donors (Lipinski definition) is 1. The Hall–Kier alpha value is -2.65. The third kappa shape index (κ3) is 3.11. The quantitative estimate of drug-likeness (QED) is 0.689. The molecule has 130 valence electrons. The molecule has 0 saturated carbocycles. The van der Waals surface area contributed by atoms with Gasteiger partial charge in [0.15, 0.2) is 0 Å². The van der Waals surface area contributed by atoms with E-state index in [0.29, 0.717) is 30.1 Å². The van der Waals surface area contributed by atoms with Gasteiger partial charge in [0.25, 0.3) is 5.91 Å². The van der Waals surface area contributed by atoms with E-state index in [1.807, 2.05) is 23.1 Å². The SMILES string of the molecule is N#Cc1ccccc1C(=O)N1CCC(c2nc3ccc(Br)cc3[nH]2)CC1. The fourth-order valence-corrected chi connectivity index (χ4v) is 3.85. The number of carbonyl (C=O) groups is 1. The second kappa shape index (κ2) is 6.93. The molecule has 26 heavy (non-hydrogen) atoms. The molecule has 0 bridgehead atoms. The Morgan fingerprint density at radius 1 is 1.23 bits per heavy atom. The van der Waals surface area contributed by atoms with Gasteiger partial charge in [0.1, 0.15) is 5.82 Å². The van der Waals surface area contributed by atoms with Crippen LogP contribution in [0.15, 0.2) is 46.9 Å². The lowest BCUT2D eigenvalue weighted by atomic mass is 9.95. The molecule has 1 aromatic heterocycles. The van der Waals surface area contributed by atoms with Crippen molar-refractivity contribution in [2.45, 2.75) is 18.8 Å². The highest BCUT2D eigenvalue weighted by atomic mass is 79.9. The second-order valence-corrected chi connectivity index (χ2v) is 7.42. The second-order valence-electron chi connectivity index (χ2n) is 6.51. The predicted octanol–water partition coefficient (Wildman–Crippen LogP) is 4.22. The van der Waals surface area contributed by atoms with Gasteiger partial charge in [-0.2, -0.15) is 5.26 Å². The first-order valence-electron chi connectivity index (χ1n) is 8.59. The van der Waals surface area contributed by atoms with Gasteiger partial charge in [0, 0.05) is 23.5 Å². The summed E-state index contributed by atoms with van der Waals surface area (Å²) in [5.41, 5.74) is 2.91. The van der Waals surface area contributed by atoms with Gasteiger partial charge in [0.2, 0.25) is 0 Å². The van der Waals surface area contributed by atoms with Crippen LogP contribution in [0, 0.1) is 11.3 Å². The molecule has 5 nitrogen and oxygen atoms in total. The Balaban J connectivity index is 1.48. The lowest BCUT2D eigenvalue weighted by molar-refractivity contribution is 0.0711. The number of H-pyrrole nitrogens is 1. The molecule has 1 N–H and O–H groups in total. The number of imidazole rings is 1. The van der Waals surface area contributed by atoms with Gasteiger partial charge in [0.05, 0.1) is 28.2 Å². The molecule has 0 unspecified atom stereocenters. The van der Waals surface area contributed by atoms with Crippen molar-refractivity contribution in [2.24, 2.45) is 0 Å². The van der Waals surface area contributed by atoms with Gasteiger partial charge in [-0.1, -0.05) is 28.1 Å². The average molecular weight is 409 g/mol.